The van der Waals surface area contributed by atoms with Gasteiger partial charge >= 0.3 is 0 Å². The van der Waals surface area contributed by atoms with Crippen LogP contribution in [0, 0.1) is 6.92 Å². The molecule has 4 rings (SSSR count). The first-order valence-electron chi connectivity index (χ1n) is 10.3. The number of para-hydroxylation sites is 1. The van der Waals surface area contributed by atoms with Gasteiger partial charge in [0.1, 0.15) is 0 Å². The van der Waals surface area contributed by atoms with Gasteiger partial charge in [0, 0.05) is 29.6 Å². The Morgan fingerprint density at radius 1 is 1.12 bits per heavy atom. The van der Waals surface area contributed by atoms with Crippen molar-refractivity contribution < 1.29 is 4.74 Å². The molecule has 0 amide bonds. The van der Waals surface area contributed by atoms with Crippen LogP contribution < -0.4 is 10.4 Å². The first-order chi connectivity index (χ1) is 15.4. The highest BCUT2D eigenvalue weighted by molar-refractivity contribution is 9.10. The van der Waals surface area contributed by atoms with Gasteiger partial charge in [-0.2, -0.15) is 0 Å². The smallest absolute Gasteiger partial charge is 0.297 e. The Bertz CT molecular complexity index is 1360. The van der Waals surface area contributed by atoms with Crippen molar-refractivity contribution in [2.24, 2.45) is 12.0 Å². The molecular weight excluding hydrogens is 488 g/mol. The van der Waals surface area contributed by atoms with Crippen LogP contribution >= 0.6 is 27.3 Å². The number of aromatic nitrogens is 3. The molecule has 0 N–H and O–H groups in total. The molecule has 166 valence electrons. The van der Waals surface area contributed by atoms with Gasteiger partial charge in [0.05, 0.1) is 29.7 Å². The van der Waals surface area contributed by atoms with E-state index in [1.807, 2.05) is 67.2 Å². The van der Waals surface area contributed by atoms with Gasteiger partial charge in [-0.1, -0.05) is 52.3 Å². The first-order valence-corrected chi connectivity index (χ1v) is 11.9. The number of rotatable bonds is 6. The number of ether oxygens (including phenoxy) is 1. The van der Waals surface area contributed by atoms with Crippen molar-refractivity contribution in [3.8, 4) is 16.9 Å². The number of methoxy groups -OCH3 is 1. The summed E-state index contributed by atoms with van der Waals surface area (Å²) in [6, 6.07) is 17.8. The second kappa shape index (κ2) is 9.44. The van der Waals surface area contributed by atoms with Gasteiger partial charge in [0.2, 0.25) is 0 Å². The number of nitrogens with zero attached hydrogens (tertiary/aromatic N) is 4. The summed E-state index contributed by atoms with van der Waals surface area (Å²) in [5, 5.41) is 2.08. The number of hydrogen-bond donors (Lipinski definition) is 0. The van der Waals surface area contributed by atoms with Crippen LogP contribution in [0.1, 0.15) is 18.7 Å². The van der Waals surface area contributed by atoms with Crippen LogP contribution in [0.5, 0.6) is 0 Å². The lowest BCUT2D eigenvalue weighted by Crippen LogP contribution is -2.24. The Morgan fingerprint density at radius 3 is 2.50 bits per heavy atom. The van der Waals surface area contributed by atoms with E-state index in [0.717, 1.165) is 31.9 Å². The standard InChI is InChI=1S/C24H25BrN4O2S/c1-16(14-31-4)28-21(19-12-8-9-13-20(19)25)15-32-24(28)26-22-17(2)27(3)29(23(22)30)18-10-6-5-7-11-18/h5-13,15-16H,14H2,1-4H3. The van der Waals surface area contributed by atoms with Gasteiger partial charge in [0.25, 0.3) is 5.56 Å². The van der Waals surface area contributed by atoms with Crippen LogP contribution in [-0.2, 0) is 11.8 Å². The van der Waals surface area contributed by atoms with Crippen molar-refractivity contribution in [1.29, 1.82) is 0 Å². The second-order valence-electron chi connectivity index (χ2n) is 7.58. The maximum atomic E-state index is 13.4. The minimum Gasteiger partial charge on any atom is -0.383 e. The molecule has 2 aromatic heterocycles. The summed E-state index contributed by atoms with van der Waals surface area (Å²) in [4.78, 5) is 19.0. The molecule has 0 saturated carbocycles. The van der Waals surface area contributed by atoms with Crippen LogP contribution in [0.25, 0.3) is 16.9 Å². The Morgan fingerprint density at radius 2 is 1.81 bits per heavy atom. The van der Waals surface area contributed by atoms with Crippen LogP contribution in [0.4, 0.5) is 5.69 Å². The molecular formula is C24H25BrN4O2S. The van der Waals surface area contributed by atoms with E-state index in [9.17, 15) is 4.79 Å². The van der Waals surface area contributed by atoms with Crippen LogP contribution in [0.15, 0.2) is 74.2 Å². The van der Waals surface area contributed by atoms with E-state index in [-0.39, 0.29) is 11.6 Å². The van der Waals surface area contributed by atoms with Crippen molar-refractivity contribution in [3.05, 3.63) is 85.3 Å². The molecule has 0 saturated heterocycles. The molecule has 1 atom stereocenters. The third-order valence-corrected chi connectivity index (χ3v) is 7.00. The molecule has 6 nitrogen and oxygen atoms in total. The Kier molecular flexibility index (Phi) is 6.64. The third kappa shape index (κ3) is 4.05. The molecule has 8 heteroatoms. The highest BCUT2D eigenvalue weighted by Crippen LogP contribution is 2.30. The van der Waals surface area contributed by atoms with E-state index in [2.05, 4.69) is 38.9 Å². The molecule has 2 aromatic carbocycles. The average Bonchev–Trinajstić information content (AvgIpc) is 3.29. The molecule has 0 aliphatic heterocycles. The normalized spacial score (nSPS) is 13.0. The van der Waals surface area contributed by atoms with E-state index < -0.39 is 0 Å². The van der Waals surface area contributed by atoms with E-state index in [0.29, 0.717) is 12.3 Å². The molecule has 0 spiro atoms. The predicted octanol–water partition coefficient (Wildman–Crippen LogP) is 5.22. The van der Waals surface area contributed by atoms with Gasteiger partial charge in [-0.05, 0) is 32.0 Å². The summed E-state index contributed by atoms with van der Waals surface area (Å²) in [7, 11) is 3.57. The fourth-order valence-electron chi connectivity index (χ4n) is 3.79. The Hall–Kier alpha value is -2.68. The van der Waals surface area contributed by atoms with Gasteiger partial charge in [0.15, 0.2) is 10.5 Å². The zero-order chi connectivity index (χ0) is 22.8. The summed E-state index contributed by atoms with van der Waals surface area (Å²) in [5.74, 6) is 0. The second-order valence-corrected chi connectivity index (χ2v) is 9.27. The van der Waals surface area contributed by atoms with Gasteiger partial charge in [-0.15, -0.1) is 11.3 Å². The molecule has 32 heavy (non-hydrogen) atoms. The van der Waals surface area contributed by atoms with Crippen molar-refractivity contribution in [2.45, 2.75) is 19.9 Å². The number of halogens is 1. The van der Waals surface area contributed by atoms with Crippen molar-refractivity contribution >= 4 is 33.0 Å². The van der Waals surface area contributed by atoms with Crippen molar-refractivity contribution in [2.75, 3.05) is 13.7 Å². The molecule has 0 bridgehead atoms. The largest absolute Gasteiger partial charge is 0.383 e. The van der Waals surface area contributed by atoms with E-state index in [1.165, 1.54) is 11.3 Å². The van der Waals surface area contributed by atoms with Crippen molar-refractivity contribution in [3.63, 3.8) is 0 Å². The lowest BCUT2D eigenvalue weighted by atomic mass is 10.1. The topological polar surface area (TPSA) is 53.4 Å². The van der Waals surface area contributed by atoms with Crippen LogP contribution in [0.2, 0.25) is 0 Å². The van der Waals surface area contributed by atoms with E-state index in [1.54, 1.807) is 11.8 Å². The maximum Gasteiger partial charge on any atom is 0.297 e. The highest BCUT2D eigenvalue weighted by atomic mass is 79.9. The average molecular weight is 513 g/mol. The summed E-state index contributed by atoms with van der Waals surface area (Å²) in [5.41, 5.74) is 4.02. The van der Waals surface area contributed by atoms with E-state index in [4.69, 9.17) is 9.73 Å². The fraction of sp³-hybridized carbons (Fsp3) is 0.250. The SMILES string of the molecule is COCC(C)n1c(-c2ccccc2Br)csc1=Nc1c(C)n(C)n(-c2ccccc2)c1=O. The first kappa shape index (κ1) is 22.5. The summed E-state index contributed by atoms with van der Waals surface area (Å²) in [6.07, 6.45) is 0. The Balaban J connectivity index is 1.95. The zero-order valence-corrected chi connectivity index (χ0v) is 20.9. The third-order valence-electron chi connectivity index (χ3n) is 5.47. The minimum absolute atomic E-state index is 0.0347. The number of hydrogen-bond acceptors (Lipinski definition) is 4. The summed E-state index contributed by atoms with van der Waals surface area (Å²) < 4.78 is 12.1. The monoisotopic (exact) mass is 512 g/mol. The lowest BCUT2D eigenvalue weighted by Gasteiger charge is -2.17. The van der Waals surface area contributed by atoms with Gasteiger partial charge in [-0.25, -0.2) is 9.67 Å². The van der Waals surface area contributed by atoms with Crippen molar-refractivity contribution in [1.82, 2.24) is 13.9 Å². The molecule has 0 fully saturated rings. The number of thiazole rings is 1. The minimum atomic E-state index is -0.141. The summed E-state index contributed by atoms with van der Waals surface area (Å²) in [6.45, 7) is 4.55. The van der Waals surface area contributed by atoms with E-state index >= 15 is 0 Å². The molecule has 1 unspecified atom stereocenters. The quantitative estimate of drug-likeness (QED) is 0.355. The van der Waals surface area contributed by atoms with Gasteiger partial charge in [-0.3, -0.25) is 9.48 Å². The lowest BCUT2D eigenvalue weighted by molar-refractivity contribution is 0.162. The van der Waals surface area contributed by atoms with Crippen LogP contribution in [-0.4, -0.2) is 27.6 Å². The van der Waals surface area contributed by atoms with Gasteiger partial charge < -0.3 is 9.30 Å². The zero-order valence-electron chi connectivity index (χ0n) is 18.4. The fourth-order valence-corrected chi connectivity index (χ4v) is 5.27. The summed E-state index contributed by atoms with van der Waals surface area (Å²) >= 11 is 5.19. The molecule has 0 radical (unpaired) electrons. The predicted molar refractivity (Wildman–Crippen MR) is 133 cm³/mol. The Labute approximate surface area is 199 Å². The molecule has 0 aliphatic carbocycles. The maximum absolute atomic E-state index is 13.4. The molecule has 0 aliphatic rings. The number of benzene rings is 2. The molecule has 4 aromatic rings. The van der Waals surface area contributed by atoms with Crippen LogP contribution in [0.3, 0.4) is 0 Å². The molecule has 2 heterocycles. The highest BCUT2D eigenvalue weighted by Gasteiger charge is 2.19.